The van der Waals surface area contributed by atoms with Gasteiger partial charge in [0.25, 0.3) is 5.91 Å². The van der Waals surface area contributed by atoms with Crippen molar-refractivity contribution in [3.05, 3.63) is 89.7 Å². The lowest BCUT2D eigenvalue weighted by atomic mass is 10.0. The number of aromatic nitrogens is 1. The van der Waals surface area contributed by atoms with E-state index in [0.717, 1.165) is 30.0 Å². The number of nitrogens with zero attached hydrogens (tertiary/aromatic N) is 1. The van der Waals surface area contributed by atoms with Crippen LogP contribution in [0.4, 0.5) is 0 Å². The van der Waals surface area contributed by atoms with Crippen LogP contribution in [-0.4, -0.2) is 17.6 Å². The maximum absolute atomic E-state index is 12.8. The number of nitrogens with one attached hydrogen (secondary N) is 1. The third-order valence-corrected chi connectivity index (χ3v) is 4.39. The molecule has 26 heavy (non-hydrogen) atoms. The van der Waals surface area contributed by atoms with Crippen molar-refractivity contribution < 1.29 is 9.53 Å². The SMILES string of the molecule is CCCn1cccc1C(NC(=O)c1ccccc1)c1ccc(OC)cc1. The summed E-state index contributed by atoms with van der Waals surface area (Å²) in [6.07, 6.45) is 3.09. The van der Waals surface area contributed by atoms with Gasteiger partial charge in [-0.05, 0) is 48.4 Å². The monoisotopic (exact) mass is 348 g/mol. The van der Waals surface area contributed by atoms with Gasteiger partial charge in [0, 0.05) is 24.0 Å². The first-order valence-electron chi connectivity index (χ1n) is 8.88. The van der Waals surface area contributed by atoms with Crippen molar-refractivity contribution in [3.8, 4) is 5.75 Å². The van der Waals surface area contributed by atoms with Crippen LogP contribution in [0.15, 0.2) is 72.9 Å². The van der Waals surface area contributed by atoms with Crippen LogP contribution in [0.1, 0.15) is 41.0 Å². The van der Waals surface area contributed by atoms with Gasteiger partial charge >= 0.3 is 0 Å². The smallest absolute Gasteiger partial charge is 0.252 e. The summed E-state index contributed by atoms with van der Waals surface area (Å²) >= 11 is 0. The number of ether oxygens (including phenoxy) is 1. The van der Waals surface area contributed by atoms with E-state index in [0.29, 0.717) is 5.56 Å². The molecular weight excluding hydrogens is 324 g/mol. The van der Waals surface area contributed by atoms with E-state index < -0.39 is 0 Å². The van der Waals surface area contributed by atoms with Crippen molar-refractivity contribution in [2.75, 3.05) is 7.11 Å². The molecule has 0 radical (unpaired) electrons. The maximum atomic E-state index is 12.8. The highest BCUT2D eigenvalue weighted by Gasteiger charge is 2.20. The van der Waals surface area contributed by atoms with E-state index >= 15 is 0 Å². The van der Waals surface area contributed by atoms with Gasteiger partial charge in [0.1, 0.15) is 5.75 Å². The standard InChI is InChI=1S/C22H24N2O2/c1-3-15-24-16-7-10-20(24)21(17-11-13-19(26-2)14-12-17)23-22(25)18-8-5-4-6-9-18/h4-14,16,21H,3,15H2,1-2H3,(H,23,25). The quantitative estimate of drug-likeness (QED) is 0.686. The molecule has 0 spiro atoms. The topological polar surface area (TPSA) is 43.3 Å². The molecule has 1 aromatic heterocycles. The van der Waals surface area contributed by atoms with Crippen molar-refractivity contribution in [3.63, 3.8) is 0 Å². The average Bonchev–Trinajstić information content (AvgIpc) is 3.15. The van der Waals surface area contributed by atoms with Gasteiger partial charge in [-0.3, -0.25) is 4.79 Å². The summed E-state index contributed by atoms with van der Waals surface area (Å²) in [5, 5.41) is 3.19. The molecule has 3 rings (SSSR count). The van der Waals surface area contributed by atoms with Gasteiger partial charge in [0.2, 0.25) is 0 Å². The van der Waals surface area contributed by atoms with Crippen molar-refractivity contribution in [1.29, 1.82) is 0 Å². The number of amides is 1. The van der Waals surface area contributed by atoms with Gasteiger partial charge in [0.05, 0.1) is 13.2 Å². The molecule has 0 saturated heterocycles. The first-order chi connectivity index (χ1) is 12.7. The van der Waals surface area contributed by atoms with Crippen LogP contribution in [0, 0.1) is 0 Å². The van der Waals surface area contributed by atoms with Crippen LogP contribution in [0.2, 0.25) is 0 Å². The summed E-state index contributed by atoms with van der Waals surface area (Å²) in [5.41, 5.74) is 2.74. The molecule has 1 N–H and O–H groups in total. The van der Waals surface area contributed by atoms with Crippen LogP contribution in [0.5, 0.6) is 5.75 Å². The molecule has 4 heteroatoms. The van der Waals surface area contributed by atoms with Crippen LogP contribution in [0.25, 0.3) is 0 Å². The molecule has 0 aliphatic rings. The maximum Gasteiger partial charge on any atom is 0.252 e. The third kappa shape index (κ3) is 3.97. The van der Waals surface area contributed by atoms with E-state index in [1.54, 1.807) is 7.11 Å². The van der Waals surface area contributed by atoms with E-state index in [2.05, 4.69) is 29.1 Å². The van der Waals surface area contributed by atoms with Gasteiger partial charge in [-0.15, -0.1) is 0 Å². The second kappa shape index (κ2) is 8.39. The number of hydrogen-bond acceptors (Lipinski definition) is 2. The Kier molecular flexibility index (Phi) is 5.74. The van der Waals surface area contributed by atoms with Crippen LogP contribution in [-0.2, 0) is 6.54 Å². The molecule has 3 aromatic rings. The van der Waals surface area contributed by atoms with Crippen LogP contribution < -0.4 is 10.1 Å². The number of aryl methyl sites for hydroxylation is 1. The van der Waals surface area contributed by atoms with Crippen LogP contribution in [0.3, 0.4) is 0 Å². The molecule has 0 aliphatic carbocycles. The highest BCUT2D eigenvalue weighted by atomic mass is 16.5. The van der Waals surface area contributed by atoms with Gasteiger partial charge < -0.3 is 14.6 Å². The van der Waals surface area contributed by atoms with Gasteiger partial charge in [-0.25, -0.2) is 0 Å². The minimum atomic E-state index is -0.227. The van der Waals surface area contributed by atoms with Crippen molar-refractivity contribution in [1.82, 2.24) is 9.88 Å². The molecule has 1 amide bonds. The normalized spacial score (nSPS) is 11.8. The van der Waals surface area contributed by atoms with E-state index in [-0.39, 0.29) is 11.9 Å². The Morgan fingerprint density at radius 1 is 1.04 bits per heavy atom. The predicted molar refractivity (Wildman–Crippen MR) is 103 cm³/mol. The molecule has 0 bridgehead atoms. The Labute approximate surface area is 154 Å². The van der Waals surface area contributed by atoms with Gasteiger partial charge in [-0.2, -0.15) is 0 Å². The first-order valence-corrected chi connectivity index (χ1v) is 8.88. The predicted octanol–water partition coefficient (Wildman–Crippen LogP) is 4.43. The van der Waals surface area contributed by atoms with Gasteiger partial charge in [-0.1, -0.05) is 37.3 Å². The summed E-state index contributed by atoms with van der Waals surface area (Å²) in [5.74, 6) is 0.710. The zero-order chi connectivity index (χ0) is 18.4. The molecule has 134 valence electrons. The zero-order valence-electron chi connectivity index (χ0n) is 15.2. The lowest BCUT2D eigenvalue weighted by Gasteiger charge is -2.22. The molecular formula is C22H24N2O2. The lowest BCUT2D eigenvalue weighted by molar-refractivity contribution is 0.0941. The number of carbonyl (C=O) groups is 1. The Balaban J connectivity index is 1.95. The largest absolute Gasteiger partial charge is 0.497 e. The highest BCUT2D eigenvalue weighted by Crippen LogP contribution is 2.25. The molecule has 2 aromatic carbocycles. The lowest BCUT2D eigenvalue weighted by Crippen LogP contribution is -2.30. The van der Waals surface area contributed by atoms with E-state index in [4.69, 9.17) is 4.74 Å². The zero-order valence-corrected chi connectivity index (χ0v) is 15.2. The summed E-state index contributed by atoms with van der Waals surface area (Å²) < 4.78 is 7.45. The molecule has 1 atom stereocenters. The van der Waals surface area contributed by atoms with Crippen molar-refractivity contribution in [2.45, 2.75) is 25.9 Å². The van der Waals surface area contributed by atoms with Crippen molar-refractivity contribution in [2.24, 2.45) is 0 Å². The Hall–Kier alpha value is -3.01. The molecule has 0 fully saturated rings. The van der Waals surface area contributed by atoms with Gasteiger partial charge in [0.15, 0.2) is 0 Å². The Bertz CT molecular complexity index is 838. The van der Waals surface area contributed by atoms with E-state index in [1.165, 1.54) is 0 Å². The van der Waals surface area contributed by atoms with E-state index in [1.807, 2.05) is 60.7 Å². The number of carbonyl (C=O) groups excluding carboxylic acids is 1. The number of methoxy groups -OCH3 is 1. The Morgan fingerprint density at radius 3 is 2.42 bits per heavy atom. The van der Waals surface area contributed by atoms with Crippen LogP contribution >= 0.6 is 0 Å². The second-order valence-corrected chi connectivity index (χ2v) is 6.17. The number of benzene rings is 2. The number of hydrogen-bond donors (Lipinski definition) is 1. The summed E-state index contributed by atoms with van der Waals surface area (Å²) in [4.78, 5) is 12.8. The second-order valence-electron chi connectivity index (χ2n) is 6.17. The Morgan fingerprint density at radius 2 is 1.77 bits per heavy atom. The first kappa shape index (κ1) is 17.8. The summed E-state index contributed by atoms with van der Waals surface area (Å²) in [6.45, 7) is 3.06. The molecule has 0 saturated carbocycles. The summed E-state index contributed by atoms with van der Waals surface area (Å²) in [7, 11) is 1.65. The molecule has 0 aliphatic heterocycles. The third-order valence-electron chi connectivity index (χ3n) is 4.39. The molecule has 1 unspecified atom stereocenters. The minimum Gasteiger partial charge on any atom is -0.497 e. The highest BCUT2D eigenvalue weighted by molar-refractivity contribution is 5.94. The number of rotatable bonds is 7. The van der Waals surface area contributed by atoms with E-state index in [9.17, 15) is 4.79 Å². The van der Waals surface area contributed by atoms with Crippen molar-refractivity contribution >= 4 is 5.91 Å². The fraction of sp³-hybridized carbons (Fsp3) is 0.227. The molecule has 4 nitrogen and oxygen atoms in total. The fourth-order valence-corrected chi connectivity index (χ4v) is 3.06. The minimum absolute atomic E-state index is 0.0873. The average molecular weight is 348 g/mol. The summed E-state index contributed by atoms with van der Waals surface area (Å²) in [6, 6.07) is 21.0. The fourth-order valence-electron chi connectivity index (χ4n) is 3.06. The molecule has 1 heterocycles.